The van der Waals surface area contributed by atoms with Gasteiger partial charge in [-0.15, -0.1) is 23.7 Å². The highest BCUT2D eigenvalue weighted by atomic mass is 35.5. The highest BCUT2D eigenvalue weighted by Gasteiger charge is 2.02. The number of hydrogen-bond donors (Lipinski definition) is 2. The number of aryl methyl sites for hydroxylation is 1. The van der Waals surface area contributed by atoms with Crippen LogP contribution in [0, 0.1) is 0 Å². The maximum atomic E-state index is 11.2. The zero-order valence-corrected chi connectivity index (χ0v) is 10.6. The summed E-state index contributed by atoms with van der Waals surface area (Å²) in [5, 5.41) is 5.33. The normalized spacial score (nSPS) is 9.47. The highest BCUT2D eigenvalue weighted by Crippen LogP contribution is 2.20. The lowest BCUT2D eigenvalue weighted by Gasteiger charge is -2.01. The molecule has 1 aromatic heterocycles. The van der Waals surface area contributed by atoms with Crippen molar-refractivity contribution >= 4 is 41.3 Å². The van der Waals surface area contributed by atoms with Crippen LogP contribution in [0.3, 0.4) is 0 Å². The van der Waals surface area contributed by atoms with Crippen molar-refractivity contribution in [1.29, 1.82) is 0 Å². The summed E-state index contributed by atoms with van der Waals surface area (Å²) in [6.07, 6.45) is 1.24. The first-order chi connectivity index (χ1) is 6.72. The van der Waals surface area contributed by atoms with Gasteiger partial charge < -0.3 is 11.1 Å². The van der Waals surface area contributed by atoms with Crippen molar-refractivity contribution in [2.75, 3.05) is 13.1 Å². The van der Waals surface area contributed by atoms with Crippen molar-refractivity contribution in [2.24, 2.45) is 5.73 Å². The zero-order chi connectivity index (χ0) is 10.4. The maximum Gasteiger partial charge on any atom is 0.220 e. The molecule has 0 aromatic carbocycles. The Morgan fingerprint density at radius 3 is 2.87 bits per heavy atom. The molecule has 3 nitrogen and oxygen atoms in total. The molecule has 1 aromatic rings. The molecule has 0 aliphatic heterocycles. The number of rotatable bonds is 5. The molecule has 86 valence electrons. The van der Waals surface area contributed by atoms with Crippen LogP contribution in [0.25, 0.3) is 0 Å². The van der Waals surface area contributed by atoms with Gasteiger partial charge >= 0.3 is 0 Å². The van der Waals surface area contributed by atoms with E-state index in [-0.39, 0.29) is 18.3 Å². The Kier molecular flexibility index (Phi) is 7.78. The largest absolute Gasteiger partial charge is 0.355 e. The van der Waals surface area contributed by atoms with Gasteiger partial charge in [-0.25, -0.2) is 0 Å². The third-order valence-corrected chi connectivity index (χ3v) is 3.03. The van der Waals surface area contributed by atoms with E-state index in [2.05, 4.69) is 5.32 Å². The third kappa shape index (κ3) is 5.99. The molecule has 1 heterocycles. The van der Waals surface area contributed by atoms with Gasteiger partial charge in [-0.1, -0.05) is 11.6 Å². The van der Waals surface area contributed by atoms with Gasteiger partial charge in [0.15, 0.2) is 0 Å². The number of halogens is 2. The molecule has 0 spiro atoms. The molecular weight excluding hydrogens is 255 g/mol. The van der Waals surface area contributed by atoms with E-state index in [0.717, 1.165) is 16.3 Å². The molecule has 6 heteroatoms. The molecule has 0 saturated heterocycles. The SMILES string of the molecule is Cl.NCCNC(=O)CCc1cc(Cl)cs1. The van der Waals surface area contributed by atoms with Crippen molar-refractivity contribution in [3.05, 3.63) is 21.3 Å². The van der Waals surface area contributed by atoms with Crippen LogP contribution in [0.15, 0.2) is 11.4 Å². The average molecular weight is 269 g/mol. The van der Waals surface area contributed by atoms with Crippen LogP contribution < -0.4 is 11.1 Å². The van der Waals surface area contributed by atoms with Gasteiger partial charge in [-0.05, 0) is 12.5 Å². The second-order valence-corrected chi connectivity index (χ2v) is 4.30. The van der Waals surface area contributed by atoms with Crippen LogP contribution in [0.2, 0.25) is 5.02 Å². The van der Waals surface area contributed by atoms with Crippen LogP contribution in [0.5, 0.6) is 0 Å². The van der Waals surface area contributed by atoms with E-state index >= 15 is 0 Å². The van der Waals surface area contributed by atoms with Crippen LogP contribution in [0.1, 0.15) is 11.3 Å². The van der Waals surface area contributed by atoms with Crippen LogP contribution in [-0.4, -0.2) is 19.0 Å². The average Bonchev–Trinajstić information content (AvgIpc) is 2.58. The molecule has 0 fully saturated rings. The fourth-order valence-electron chi connectivity index (χ4n) is 1.02. The van der Waals surface area contributed by atoms with Crippen molar-refractivity contribution < 1.29 is 4.79 Å². The molecule has 15 heavy (non-hydrogen) atoms. The molecule has 1 rings (SSSR count). The number of carbonyl (C=O) groups excluding carboxylic acids is 1. The van der Waals surface area contributed by atoms with Gasteiger partial charge in [0.05, 0.1) is 5.02 Å². The number of carbonyl (C=O) groups is 1. The number of hydrogen-bond acceptors (Lipinski definition) is 3. The minimum Gasteiger partial charge on any atom is -0.355 e. The Hall–Kier alpha value is -0.290. The molecule has 3 N–H and O–H groups in total. The highest BCUT2D eigenvalue weighted by molar-refractivity contribution is 7.10. The van der Waals surface area contributed by atoms with Gasteiger partial charge in [0.1, 0.15) is 0 Å². The van der Waals surface area contributed by atoms with Crippen LogP contribution in [0.4, 0.5) is 0 Å². The molecule has 1 amide bonds. The first-order valence-electron chi connectivity index (χ1n) is 4.42. The number of thiophene rings is 1. The van der Waals surface area contributed by atoms with E-state index in [4.69, 9.17) is 17.3 Å². The van der Waals surface area contributed by atoms with E-state index in [1.165, 1.54) is 0 Å². The molecule has 0 radical (unpaired) electrons. The van der Waals surface area contributed by atoms with E-state index in [1.807, 2.05) is 11.4 Å². The van der Waals surface area contributed by atoms with Crippen LogP contribution in [-0.2, 0) is 11.2 Å². The van der Waals surface area contributed by atoms with Gasteiger partial charge in [0, 0.05) is 29.8 Å². The fraction of sp³-hybridized carbons (Fsp3) is 0.444. The van der Waals surface area contributed by atoms with E-state index in [0.29, 0.717) is 19.5 Å². The smallest absolute Gasteiger partial charge is 0.220 e. The van der Waals surface area contributed by atoms with Gasteiger partial charge in [0.2, 0.25) is 5.91 Å². The van der Waals surface area contributed by atoms with Gasteiger partial charge in [-0.2, -0.15) is 0 Å². The number of nitrogens with one attached hydrogen (secondary N) is 1. The minimum atomic E-state index is 0. The molecular formula is C9H14Cl2N2OS. The summed E-state index contributed by atoms with van der Waals surface area (Å²) in [5.74, 6) is 0.0416. The quantitative estimate of drug-likeness (QED) is 0.856. The Balaban J connectivity index is 0.00000196. The Labute approximate surface area is 104 Å². The third-order valence-electron chi connectivity index (χ3n) is 1.69. The standard InChI is InChI=1S/C9H13ClN2OS.ClH/c10-7-5-8(14-6-7)1-2-9(13)12-4-3-11;/h5-6H,1-4,11H2,(H,12,13);1H. The fourth-order valence-corrected chi connectivity index (χ4v) is 2.10. The lowest BCUT2D eigenvalue weighted by molar-refractivity contribution is -0.120. The second kappa shape index (κ2) is 7.93. The second-order valence-electron chi connectivity index (χ2n) is 2.87. The lowest BCUT2D eigenvalue weighted by atomic mass is 10.2. The Morgan fingerprint density at radius 1 is 1.60 bits per heavy atom. The first-order valence-corrected chi connectivity index (χ1v) is 5.68. The maximum absolute atomic E-state index is 11.2. The summed E-state index contributed by atoms with van der Waals surface area (Å²) in [5.41, 5.74) is 5.26. The first kappa shape index (κ1) is 14.7. The monoisotopic (exact) mass is 268 g/mol. The Bertz CT molecular complexity index is 304. The van der Waals surface area contributed by atoms with Crippen molar-refractivity contribution in [3.8, 4) is 0 Å². The van der Waals surface area contributed by atoms with Crippen molar-refractivity contribution in [1.82, 2.24) is 5.32 Å². The van der Waals surface area contributed by atoms with Gasteiger partial charge in [0.25, 0.3) is 0 Å². The summed E-state index contributed by atoms with van der Waals surface area (Å²) in [6, 6.07) is 1.89. The predicted octanol–water partition coefficient (Wildman–Crippen LogP) is 1.83. The molecule has 0 aliphatic carbocycles. The Morgan fingerprint density at radius 2 is 2.33 bits per heavy atom. The molecule has 0 unspecified atom stereocenters. The number of amides is 1. The summed E-state index contributed by atoms with van der Waals surface area (Å²) in [6.45, 7) is 1.03. The number of nitrogens with two attached hydrogens (primary N) is 1. The molecule has 0 bridgehead atoms. The molecule has 0 aliphatic rings. The summed E-state index contributed by atoms with van der Waals surface area (Å²) < 4.78 is 0. The zero-order valence-electron chi connectivity index (χ0n) is 8.16. The van der Waals surface area contributed by atoms with E-state index < -0.39 is 0 Å². The van der Waals surface area contributed by atoms with E-state index in [1.54, 1.807) is 11.3 Å². The summed E-state index contributed by atoms with van der Waals surface area (Å²) in [7, 11) is 0. The van der Waals surface area contributed by atoms with E-state index in [9.17, 15) is 4.79 Å². The van der Waals surface area contributed by atoms with Crippen molar-refractivity contribution in [2.45, 2.75) is 12.8 Å². The van der Waals surface area contributed by atoms with Gasteiger partial charge in [-0.3, -0.25) is 4.79 Å². The minimum absolute atomic E-state index is 0. The molecule has 0 atom stereocenters. The predicted molar refractivity (Wildman–Crippen MR) is 67.0 cm³/mol. The summed E-state index contributed by atoms with van der Waals surface area (Å²) >= 11 is 7.33. The van der Waals surface area contributed by atoms with Crippen LogP contribution >= 0.6 is 35.3 Å². The van der Waals surface area contributed by atoms with Crippen molar-refractivity contribution in [3.63, 3.8) is 0 Å². The lowest BCUT2D eigenvalue weighted by Crippen LogP contribution is -2.29. The topological polar surface area (TPSA) is 55.1 Å². The summed E-state index contributed by atoms with van der Waals surface area (Å²) in [4.78, 5) is 12.3. The molecule has 0 saturated carbocycles.